The van der Waals surface area contributed by atoms with E-state index in [1.165, 1.54) is 12.8 Å². The Labute approximate surface area is 89.4 Å². The molecular weight excluding hydrogens is 192 g/mol. The minimum absolute atomic E-state index is 0.340. The minimum Gasteiger partial charge on any atom is -0.292 e. The topological polar surface area (TPSA) is 49.7 Å². The number of hydrogen-bond donors (Lipinski definition) is 0. The third kappa shape index (κ3) is 1.80. The molecule has 0 aliphatic carbocycles. The second-order valence-electron chi connectivity index (χ2n) is 4.21. The highest BCUT2D eigenvalue weighted by Crippen LogP contribution is 2.28. The lowest BCUT2D eigenvalue weighted by atomic mass is 10.00. The monoisotopic (exact) mass is 208 g/mol. The van der Waals surface area contributed by atoms with E-state index in [4.69, 9.17) is 0 Å². The molecule has 0 radical (unpaired) electrons. The standard InChI is InChI=1S/C11H16N2O2/c1-2-3-4-5-8-6-7-13-9(8)12-10(14)11(13)15/h8H,2-7H2,1H3. The van der Waals surface area contributed by atoms with Gasteiger partial charge in [-0.05, 0) is 12.8 Å². The number of fused-ring (bicyclic) bond motifs is 1. The molecule has 2 aliphatic heterocycles. The number of aliphatic imine (C=N–C) groups is 1. The number of rotatable bonds is 4. The smallest absolute Gasteiger partial charge is 0.292 e. The van der Waals surface area contributed by atoms with Gasteiger partial charge in [0.15, 0.2) is 0 Å². The van der Waals surface area contributed by atoms with E-state index in [9.17, 15) is 9.59 Å². The zero-order valence-electron chi connectivity index (χ0n) is 9.03. The van der Waals surface area contributed by atoms with Crippen molar-refractivity contribution in [3.63, 3.8) is 0 Å². The Morgan fingerprint density at radius 3 is 2.93 bits per heavy atom. The van der Waals surface area contributed by atoms with Crippen LogP contribution < -0.4 is 0 Å². The van der Waals surface area contributed by atoms with Crippen LogP contribution >= 0.6 is 0 Å². The minimum atomic E-state index is -0.579. The third-order valence-corrected chi connectivity index (χ3v) is 3.14. The molecule has 82 valence electrons. The van der Waals surface area contributed by atoms with Gasteiger partial charge in [0.25, 0.3) is 0 Å². The van der Waals surface area contributed by atoms with Crippen LogP contribution in [0.3, 0.4) is 0 Å². The molecule has 4 nitrogen and oxygen atoms in total. The Bertz CT molecular complexity index is 323. The molecule has 0 N–H and O–H groups in total. The number of hydrogen-bond acceptors (Lipinski definition) is 2. The summed E-state index contributed by atoms with van der Waals surface area (Å²) >= 11 is 0. The maximum Gasteiger partial charge on any atom is 0.337 e. The van der Waals surface area contributed by atoms with Gasteiger partial charge < -0.3 is 0 Å². The SMILES string of the molecule is CCCCCC1CCN2C(=O)C(=O)N=C12. The zero-order valence-corrected chi connectivity index (χ0v) is 9.03. The molecule has 0 saturated carbocycles. The highest BCUT2D eigenvalue weighted by Gasteiger charge is 2.41. The van der Waals surface area contributed by atoms with Gasteiger partial charge in [-0.3, -0.25) is 14.5 Å². The van der Waals surface area contributed by atoms with Crippen LogP contribution in [0.4, 0.5) is 0 Å². The summed E-state index contributed by atoms with van der Waals surface area (Å²) in [6.45, 7) is 2.85. The van der Waals surface area contributed by atoms with E-state index in [0.717, 1.165) is 25.1 Å². The lowest BCUT2D eigenvalue weighted by Gasteiger charge is -2.10. The number of carbonyl (C=O) groups excluding carboxylic acids is 2. The molecule has 0 bridgehead atoms. The van der Waals surface area contributed by atoms with Gasteiger partial charge in [-0.1, -0.05) is 26.2 Å². The van der Waals surface area contributed by atoms with Crippen LogP contribution in [0, 0.1) is 5.92 Å². The van der Waals surface area contributed by atoms with Crippen molar-refractivity contribution in [3.05, 3.63) is 0 Å². The maximum atomic E-state index is 11.3. The Hall–Kier alpha value is -1.19. The summed E-state index contributed by atoms with van der Waals surface area (Å²) in [4.78, 5) is 27.8. The number of unbranched alkanes of at least 4 members (excludes halogenated alkanes) is 2. The first-order valence-electron chi connectivity index (χ1n) is 5.68. The third-order valence-electron chi connectivity index (χ3n) is 3.14. The van der Waals surface area contributed by atoms with Crippen molar-refractivity contribution >= 4 is 17.6 Å². The Morgan fingerprint density at radius 2 is 2.20 bits per heavy atom. The van der Waals surface area contributed by atoms with Gasteiger partial charge in [-0.15, -0.1) is 0 Å². The second-order valence-corrected chi connectivity index (χ2v) is 4.21. The molecule has 0 aromatic rings. The van der Waals surface area contributed by atoms with Crippen LogP contribution in [-0.4, -0.2) is 29.1 Å². The highest BCUT2D eigenvalue weighted by atomic mass is 16.2. The van der Waals surface area contributed by atoms with Crippen LogP contribution in [0.1, 0.15) is 39.0 Å². The molecule has 2 heterocycles. The molecule has 2 rings (SSSR count). The fraction of sp³-hybridized carbons (Fsp3) is 0.727. The summed E-state index contributed by atoms with van der Waals surface area (Å²) < 4.78 is 0. The van der Waals surface area contributed by atoms with E-state index < -0.39 is 11.8 Å². The molecular formula is C11H16N2O2. The first kappa shape index (κ1) is 10.3. The largest absolute Gasteiger partial charge is 0.337 e. The summed E-state index contributed by atoms with van der Waals surface area (Å²) in [5.74, 6) is 0.0706. The van der Waals surface area contributed by atoms with Gasteiger partial charge in [0.05, 0.1) is 0 Å². The van der Waals surface area contributed by atoms with E-state index in [1.54, 1.807) is 4.90 Å². The van der Waals surface area contributed by atoms with Crippen LogP contribution in [0.5, 0.6) is 0 Å². The lowest BCUT2D eigenvalue weighted by molar-refractivity contribution is -0.139. The van der Waals surface area contributed by atoms with E-state index in [1.807, 2.05) is 0 Å². The van der Waals surface area contributed by atoms with Crippen molar-refractivity contribution < 1.29 is 9.59 Å². The van der Waals surface area contributed by atoms with Crippen molar-refractivity contribution in [2.45, 2.75) is 39.0 Å². The number of nitrogens with zero attached hydrogens (tertiary/aromatic N) is 2. The molecule has 4 heteroatoms. The first-order valence-corrected chi connectivity index (χ1v) is 5.68. The lowest BCUT2D eigenvalue weighted by Crippen LogP contribution is -2.30. The van der Waals surface area contributed by atoms with E-state index >= 15 is 0 Å². The molecule has 1 atom stereocenters. The fourth-order valence-corrected chi connectivity index (χ4v) is 2.29. The Morgan fingerprint density at radius 1 is 1.40 bits per heavy atom. The molecule has 1 fully saturated rings. The maximum absolute atomic E-state index is 11.3. The normalized spacial score (nSPS) is 24.7. The Balaban J connectivity index is 1.97. The average Bonchev–Trinajstić information content (AvgIpc) is 2.72. The quantitative estimate of drug-likeness (QED) is 0.517. The summed E-state index contributed by atoms with van der Waals surface area (Å²) in [5, 5.41) is 0. The summed E-state index contributed by atoms with van der Waals surface area (Å²) in [5.41, 5.74) is 0. The number of amides is 2. The van der Waals surface area contributed by atoms with Crippen molar-refractivity contribution in [2.75, 3.05) is 6.54 Å². The van der Waals surface area contributed by atoms with Gasteiger partial charge >= 0.3 is 11.8 Å². The highest BCUT2D eigenvalue weighted by molar-refractivity contribution is 6.44. The molecule has 2 amide bonds. The molecule has 1 unspecified atom stereocenters. The predicted octanol–water partition coefficient (Wildman–Crippen LogP) is 1.35. The molecule has 0 aromatic heterocycles. The fourth-order valence-electron chi connectivity index (χ4n) is 2.29. The van der Waals surface area contributed by atoms with Crippen LogP contribution in [-0.2, 0) is 9.59 Å². The Kier molecular flexibility index (Phi) is 2.84. The van der Waals surface area contributed by atoms with Crippen molar-refractivity contribution in [1.29, 1.82) is 0 Å². The molecule has 0 aromatic carbocycles. The molecule has 2 aliphatic rings. The average molecular weight is 208 g/mol. The van der Waals surface area contributed by atoms with Crippen LogP contribution in [0.2, 0.25) is 0 Å². The first-order chi connectivity index (χ1) is 7.24. The van der Waals surface area contributed by atoms with Crippen molar-refractivity contribution in [1.82, 2.24) is 4.90 Å². The van der Waals surface area contributed by atoms with Gasteiger partial charge in [0.1, 0.15) is 5.84 Å². The predicted molar refractivity (Wildman–Crippen MR) is 56.4 cm³/mol. The molecule has 0 spiro atoms. The summed E-state index contributed by atoms with van der Waals surface area (Å²) in [6.07, 6.45) is 5.61. The number of amidine groups is 1. The van der Waals surface area contributed by atoms with E-state index in [2.05, 4.69) is 11.9 Å². The van der Waals surface area contributed by atoms with Crippen LogP contribution in [0.25, 0.3) is 0 Å². The van der Waals surface area contributed by atoms with Gasteiger partial charge in [-0.25, -0.2) is 0 Å². The molecule has 15 heavy (non-hydrogen) atoms. The summed E-state index contributed by atoms with van der Waals surface area (Å²) in [6, 6.07) is 0. The summed E-state index contributed by atoms with van der Waals surface area (Å²) in [7, 11) is 0. The van der Waals surface area contributed by atoms with Gasteiger partial charge in [0.2, 0.25) is 0 Å². The van der Waals surface area contributed by atoms with Crippen LogP contribution in [0.15, 0.2) is 4.99 Å². The van der Waals surface area contributed by atoms with E-state index in [-0.39, 0.29) is 0 Å². The van der Waals surface area contributed by atoms with Gasteiger partial charge in [-0.2, -0.15) is 4.99 Å². The number of carbonyl (C=O) groups is 2. The molecule has 1 saturated heterocycles. The second kappa shape index (κ2) is 4.13. The van der Waals surface area contributed by atoms with Crippen molar-refractivity contribution in [2.24, 2.45) is 10.9 Å². The van der Waals surface area contributed by atoms with E-state index in [0.29, 0.717) is 12.5 Å². The van der Waals surface area contributed by atoms with Gasteiger partial charge in [0, 0.05) is 12.5 Å². The zero-order chi connectivity index (χ0) is 10.8. The van der Waals surface area contributed by atoms with Crippen molar-refractivity contribution in [3.8, 4) is 0 Å².